The van der Waals surface area contributed by atoms with Crippen LogP contribution in [0.25, 0.3) is 76.2 Å². The van der Waals surface area contributed by atoms with Crippen LogP contribution in [0.4, 0.5) is 34.1 Å². The van der Waals surface area contributed by atoms with Gasteiger partial charge in [-0.15, -0.1) is 0 Å². The van der Waals surface area contributed by atoms with Crippen LogP contribution in [0.15, 0.2) is 179 Å². The molecule has 3 heterocycles. The summed E-state index contributed by atoms with van der Waals surface area (Å²) in [5, 5.41) is 12.3. The molecule has 70 heavy (non-hydrogen) atoms. The number of hydrogen-bond donors (Lipinski definition) is 0. The fourth-order valence-corrected chi connectivity index (χ4v) is 15.7. The van der Waals surface area contributed by atoms with E-state index in [0.717, 1.165) is 61.8 Å². The zero-order valence-corrected chi connectivity index (χ0v) is 41.9. The van der Waals surface area contributed by atoms with E-state index in [0.29, 0.717) is 11.8 Å². The quantitative estimate of drug-likeness (QED) is 0.0863. The number of furan rings is 2. The summed E-state index contributed by atoms with van der Waals surface area (Å²) in [6.07, 6.45) is 8.93. The summed E-state index contributed by atoms with van der Waals surface area (Å²) in [5.41, 5.74) is 15.8. The number of benzene rings is 10. The van der Waals surface area contributed by atoms with Crippen molar-refractivity contribution in [1.82, 2.24) is 0 Å². The van der Waals surface area contributed by atoms with Crippen molar-refractivity contribution in [1.29, 1.82) is 0 Å². The molecule has 10 aromatic carbocycles. The van der Waals surface area contributed by atoms with E-state index in [9.17, 15) is 0 Å². The Bertz CT molecular complexity index is 3690. The summed E-state index contributed by atoms with van der Waals surface area (Å²) in [7, 11) is 0. The Balaban J connectivity index is 1.01. The fraction of sp³-hybridized carbons (Fsp3) is 0.200. The Morgan fingerprint density at radius 3 is 1.31 bits per heavy atom. The molecule has 0 bridgehead atoms. The van der Waals surface area contributed by atoms with Gasteiger partial charge in [-0.25, -0.2) is 0 Å². The third-order valence-electron chi connectivity index (χ3n) is 15.9. The Labute approximate surface area is 419 Å². The first kappa shape index (κ1) is 42.1. The summed E-state index contributed by atoms with van der Waals surface area (Å²) in [4.78, 5) is 4.92. The van der Waals surface area contributed by atoms with Gasteiger partial charge in [-0.05, 0) is 66.5 Å². The molecule has 1 atom stereocenters. The average molecular weight is 1020 g/mol. The summed E-state index contributed by atoms with van der Waals surface area (Å²) in [5.74, 6) is 1.11. The van der Waals surface area contributed by atoms with Gasteiger partial charge < -0.3 is 9.32 Å². The molecule has 1 saturated carbocycles. The van der Waals surface area contributed by atoms with Crippen LogP contribution in [0.1, 0.15) is 79.0 Å². The SMILES string of the molecule is Cc1cc(N(c2ccccc2)c2cccc3c2oc2c(C4CCCCC4)cccc23)c2ccc3c(C)cc(N(c4ccccc4)c4cccc5c4oc4c(C6CCC[I-]C6)cccc45)c4ccc1c2c34. The van der Waals surface area contributed by atoms with Gasteiger partial charge in [0.25, 0.3) is 0 Å². The maximum absolute atomic E-state index is 7.23. The first-order valence-corrected chi connectivity index (χ1v) is 28.5. The van der Waals surface area contributed by atoms with Crippen LogP contribution in [0.3, 0.4) is 0 Å². The number of aryl methyl sites for hydroxylation is 2. The molecular formula is C65H54IN2O2-. The third kappa shape index (κ3) is 6.60. The van der Waals surface area contributed by atoms with Gasteiger partial charge in [0, 0.05) is 21.8 Å². The zero-order valence-electron chi connectivity index (χ0n) is 39.8. The second-order valence-electron chi connectivity index (χ2n) is 20.0. The predicted molar refractivity (Wildman–Crippen MR) is 291 cm³/mol. The average Bonchev–Trinajstić information content (AvgIpc) is 4.01. The van der Waals surface area contributed by atoms with Crippen molar-refractivity contribution >= 4 is 110 Å². The number of hydrogen-bond acceptors (Lipinski definition) is 4. The molecule has 0 spiro atoms. The van der Waals surface area contributed by atoms with Crippen LogP contribution in [-0.2, 0) is 0 Å². The summed E-state index contributed by atoms with van der Waals surface area (Å²) in [6.45, 7) is 4.57. The maximum atomic E-state index is 7.23. The molecule has 344 valence electrons. The first-order chi connectivity index (χ1) is 34.6. The van der Waals surface area contributed by atoms with Gasteiger partial charge in [0.15, 0.2) is 5.58 Å². The molecule has 0 amide bonds. The van der Waals surface area contributed by atoms with E-state index < -0.39 is 0 Å². The number of rotatable bonds is 8. The van der Waals surface area contributed by atoms with Crippen LogP contribution in [0.2, 0.25) is 0 Å². The Morgan fingerprint density at radius 1 is 0.386 bits per heavy atom. The van der Waals surface area contributed by atoms with Crippen LogP contribution >= 0.6 is 0 Å². The minimum absolute atomic E-state index is 0.245. The molecule has 2 fully saturated rings. The molecule has 0 N–H and O–H groups in total. The monoisotopic (exact) mass is 1020 g/mol. The molecule has 5 heteroatoms. The number of halogens is 1. The van der Waals surface area contributed by atoms with Crippen molar-refractivity contribution in [3.05, 3.63) is 192 Å². The van der Waals surface area contributed by atoms with Crippen molar-refractivity contribution in [2.75, 3.05) is 18.7 Å². The van der Waals surface area contributed by atoms with Crippen molar-refractivity contribution in [3.8, 4) is 0 Å². The van der Waals surface area contributed by atoms with E-state index in [-0.39, 0.29) is 21.2 Å². The molecule has 2 aromatic heterocycles. The van der Waals surface area contributed by atoms with Gasteiger partial charge in [-0.2, -0.15) is 0 Å². The van der Waals surface area contributed by atoms with Crippen molar-refractivity contribution < 1.29 is 30.0 Å². The van der Waals surface area contributed by atoms with Gasteiger partial charge in [0.2, 0.25) is 0 Å². The van der Waals surface area contributed by atoms with Gasteiger partial charge in [0.05, 0.1) is 11.4 Å². The van der Waals surface area contributed by atoms with Crippen molar-refractivity contribution in [2.45, 2.75) is 70.6 Å². The van der Waals surface area contributed by atoms with Gasteiger partial charge in [0.1, 0.15) is 5.58 Å². The fourth-order valence-electron chi connectivity index (χ4n) is 12.6. The van der Waals surface area contributed by atoms with Crippen LogP contribution in [-0.4, -0.2) is 8.86 Å². The molecule has 1 aliphatic carbocycles. The Kier molecular flexibility index (Phi) is 10.2. The molecule has 14 rings (SSSR count). The van der Waals surface area contributed by atoms with E-state index in [1.807, 2.05) is 0 Å². The number of para-hydroxylation sites is 6. The topological polar surface area (TPSA) is 32.8 Å². The summed E-state index contributed by atoms with van der Waals surface area (Å²) >= 11 is 0.245. The number of anilines is 6. The van der Waals surface area contributed by atoms with E-state index in [1.165, 1.54) is 125 Å². The van der Waals surface area contributed by atoms with E-state index in [4.69, 9.17) is 8.83 Å². The van der Waals surface area contributed by atoms with Crippen LogP contribution in [0, 0.1) is 13.8 Å². The van der Waals surface area contributed by atoms with Gasteiger partial charge >= 0.3 is 222 Å². The standard InChI is InChI=1S/C65H54IN2O2/c1-40-37-58(67(44-20-8-4-9-21-44)56-30-14-28-52-50-26-12-24-48(62(50)69-64(52)56)42-17-6-3-7-18-42)54-34-32-47-41(2)38-59(55-35-33-46(40)60(54)61(47)55)68(45-22-10-5-11-23-45)57-31-15-29-53-51-27-13-25-49(63(51)70-65(53)57)43-19-16-36-66-39-43/h4-5,8-15,20-35,37-38,42-43H,3,6-7,16-19,36,39H2,1-2H3/q-1. The third-order valence-corrected chi connectivity index (χ3v) is 19.1. The van der Waals surface area contributed by atoms with Crippen molar-refractivity contribution in [2.24, 2.45) is 0 Å². The van der Waals surface area contributed by atoms with Crippen LogP contribution in [0.5, 0.6) is 0 Å². The summed E-state index contributed by atoms with van der Waals surface area (Å²) < 4.78 is 17.2. The van der Waals surface area contributed by atoms with Gasteiger partial charge in [-0.1, -0.05) is 79.9 Å². The number of nitrogens with zero attached hydrogens (tertiary/aromatic N) is 2. The Morgan fingerprint density at radius 2 is 0.829 bits per heavy atom. The molecule has 2 aliphatic rings. The molecule has 1 unspecified atom stereocenters. The first-order valence-electron chi connectivity index (χ1n) is 25.4. The second kappa shape index (κ2) is 16.9. The van der Waals surface area contributed by atoms with Crippen molar-refractivity contribution in [3.63, 3.8) is 0 Å². The van der Waals surface area contributed by atoms with E-state index >= 15 is 0 Å². The molecule has 1 saturated heterocycles. The molecule has 0 radical (unpaired) electrons. The second-order valence-corrected chi connectivity index (χ2v) is 23.0. The molecule has 4 nitrogen and oxygen atoms in total. The van der Waals surface area contributed by atoms with Gasteiger partial charge in [-0.3, -0.25) is 0 Å². The van der Waals surface area contributed by atoms with Crippen LogP contribution < -0.4 is 31.0 Å². The number of alkyl halides is 2. The normalized spacial score (nSPS) is 16.1. The Hall–Kier alpha value is -6.83. The molecule has 1 aliphatic heterocycles. The minimum atomic E-state index is 0.245. The van der Waals surface area contributed by atoms with E-state index in [2.05, 4.69) is 194 Å². The predicted octanol–water partition coefficient (Wildman–Crippen LogP) is 16.0. The zero-order chi connectivity index (χ0) is 46.5. The molecule has 12 aromatic rings. The summed E-state index contributed by atoms with van der Waals surface area (Å²) in [6, 6.07) is 63.2. The number of fused-ring (bicyclic) bond motifs is 6. The van der Waals surface area contributed by atoms with E-state index in [1.54, 1.807) is 0 Å². The molecular weight excluding hydrogens is 968 g/mol.